The van der Waals surface area contributed by atoms with Crippen molar-refractivity contribution in [3.8, 4) is 11.1 Å². The second-order valence-corrected chi connectivity index (χ2v) is 5.95. The molecule has 5 nitrogen and oxygen atoms in total. The van der Waals surface area contributed by atoms with Crippen molar-refractivity contribution >= 4 is 5.57 Å². The van der Waals surface area contributed by atoms with E-state index in [-0.39, 0.29) is 0 Å². The van der Waals surface area contributed by atoms with Crippen LogP contribution < -0.4 is 0 Å². The summed E-state index contributed by atoms with van der Waals surface area (Å²) in [6.45, 7) is 3.82. The molecule has 0 saturated heterocycles. The minimum atomic E-state index is -0.759. The molecule has 1 atom stereocenters. The number of pyridine rings is 2. The molecule has 0 radical (unpaired) electrons. The second-order valence-electron chi connectivity index (χ2n) is 5.95. The average molecular weight is 319 g/mol. The van der Waals surface area contributed by atoms with E-state index < -0.39 is 6.10 Å². The molecule has 3 aromatic rings. The van der Waals surface area contributed by atoms with E-state index in [1.165, 1.54) is 0 Å². The first kappa shape index (κ1) is 14.8. The van der Waals surface area contributed by atoms with Crippen molar-refractivity contribution < 1.29 is 9.63 Å². The number of aliphatic hydroxyl groups excluding tert-OH is 1. The van der Waals surface area contributed by atoms with Gasteiger partial charge < -0.3 is 9.63 Å². The first-order valence-corrected chi connectivity index (χ1v) is 7.86. The maximum Gasteiger partial charge on any atom is 0.141 e. The molecule has 120 valence electrons. The van der Waals surface area contributed by atoms with E-state index in [2.05, 4.69) is 21.2 Å². The van der Waals surface area contributed by atoms with Gasteiger partial charge >= 0.3 is 0 Å². The number of nitrogens with zero attached hydrogens (tertiary/aromatic N) is 3. The van der Waals surface area contributed by atoms with Crippen LogP contribution in [0.1, 0.15) is 34.5 Å². The predicted molar refractivity (Wildman–Crippen MR) is 90.1 cm³/mol. The van der Waals surface area contributed by atoms with Crippen LogP contribution in [-0.2, 0) is 6.42 Å². The zero-order chi connectivity index (χ0) is 16.7. The summed E-state index contributed by atoms with van der Waals surface area (Å²) in [6.07, 6.45) is 5.51. The molecule has 24 heavy (non-hydrogen) atoms. The number of rotatable bonds is 3. The highest BCUT2D eigenvalue weighted by atomic mass is 16.5. The normalized spacial score (nSPS) is 14.4. The van der Waals surface area contributed by atoms with Crippen molar-refractivity contribution in [3.63, 3.8) is 0 Å². The second kappa shape index (κ2) is 5.69. The summed E-state index contributed by atoms with van der Waals surface area (Å²) in [5.74, 6) is 0.786. The molecule has 0 aromatic carbocycles. The fourth-order valence-corrected chi connectivity index (χ4v) is 3.21. The third kappa shape index (κ3) is 2.34. The molecule has 1 aliphatic rings. The monoisotopic (exact) mass is 319 g/mol. The Bertz CT molecular complexity index is 910. The van der Waals surface area contributed by atoms with Crippen LogP contribution in [0.15, 0.2) is 47.3 Å². The molecule has 0 bridgehead atoms. The summed E-state index contributed by atoms with van der Waals surface area (Å²) < 4.78 is 5.25. The van der Waals surface area contributed by atoms with Gasteiger partial charge in [-0.1, -0.05) is 17.3 Å². The summed E-state index contributed by atoms with van der Waals surface area (Å²) in [5, 5.41) is 14.6. The predicted octanol–water partition coefficient (Wildman–Crippen LogP) is 3.42. The molecule has 3 heterocycles. The number of aromatic nitrogens is 3. The van der Waals surface area contributed by atoms with E-state index >= 15 is 0 Å². The standard InChI is InChI=1S/C19H17N3O2/c1-11-17(12(2)24-22-11)14-9-13-6-7-15(18(13)21-10-14)19(23)16-5-3-4-8-20-16/h3-5,7-10,19,23H,6H2,1-2H3. The van der Waals surface area contributed by atoms with E-state index in [0.717, 1.165) is 45.8 Å². The van der Waals surface area contributed by atoms with Crippen molar-refractivity contribution in [1.29, 1.82) is 0 Å². The number of aliphatic hydroxyl groups is 1. The van der Waals surface area contributed by atoms with Crippen LogP contribution in [0.5, 0.6) is 0 Å². The summed E-state index contributed by atoms with van der Waals surface area (Å²) in [5.41, 5.74) is 6.22. The van der Waals surface area contributed by atoms with E-state index in [4.69, 9.17) is 4.52 Å². The van der Waals surface area contributed by atoms with Gasteiger partial charge in [-0.3, -0.25) is 9.97 Å². The quantitative estimate of drug-likeness (QED) is 0.801. The lowest BCUT2D eigenvalue weighted by atomic mass is 10.0. The van der Waals surface area contributed by atoms with Gasteiger partial charge in [0, 0.05) is 29.1 Å². The van der Waals surface area contributed by atoms with Crippen molar-refractivity contribution in [1.82, 2.24) is 15.1 Å². The first-order valence-electron chi connectivity index (χ1n) is 7.86. The third-order valence-electron chi connectivity index (χ3n) is 4.37. The van der Waals surface area contributed by atoms with Crippen LogP contribution in [0.4, 0.5) is 0 Å². The highest BCUT2D eigenvalue weighted by molar-refractivity contribution is 5.77. The minimum absolute atomic E-state index is 0.633. The van der Waals surface area contributed by atoms with Crippen LogP contribution in [0, 0.1) is 13.8 Å². The maximum absolute atomic E-state index is 10.6. The van der Waals surface area contributed by atoms with Crippen LogP contribution in [-0.4, -0.2) is 20.2 Å². The molecule has 5 heteroatoms. The number of hydrogen-bond donors (Lipinski definition) is 1. The molecular formula is C19H17N3O2. The Kier molecular flexibility index (Phi) is 3.50. The van der Waals surface area contributed by atoms with E-state index in [1.807, 2.05) is 44.3 Å². The third-order valence-corrected chi connectivity index (χ3v) is 4.37. The zero-order valence-corrected chi connectivity index (χ0v) is 13.5. The molecule has 0 amide bonds. The van der Waals surface area contributed by atoms with Gasteiger partial charge in [0.1, 0.15) is 11.9 Å². The molecule has 0 aliphatic heterocycles. The highest BCUT2D eigenvalue weighted by Crippen LogP contribution is 2.37. The van der Waals surface area contributed by atoms with Gasteiger partial charge in [0.2, 0.25) is 0 Å². The molecule has 1 N–H and O–H groups in total. The molecule has 0 saturated carbocycles. The van der Waals surface area contributed by atoms with Gasteiger partial charge in [-0.2, -0.15) is 0 Å². The summed E-state index contributed by atoms with van der Waals surface area (Å²) in [6, 6.07) is 7.63. The van der Waals surface area contributed by atoms with E-state index in [0.29, 0.717) is 5.69 Å². The van der Waals surface area contributed by atoms with Gasteiger partial charge in [0.15, 0.2) is 0 Å². The Morgan fingerprint density at radius 2 is 2.08 bits per heavy atom. The van der Waals surface area contributed by atoms with Crippen LogP contribution in [0.2, 0.25) is 0 Å². The fourth-order valence-electron chi connectivity index (χ4n) is 3.21. The summed E-state index contributed by atoms with van der Waals surface area (Å²) in [7, 11) is 0. The smallest absolute Gasteiger partial charge is 0.141 e. The average Bonchev–Trinajstić information content (AvgIpc) is 3.17. The van der Waals surface area contributed by atoms with Crippen LogP contribution >= 0.6 is 0 Å². The van der Waals surface area contributed by atoms with Crippen molar-refractivity contribution in [2.24, 2.45) is 0 Å². The van der Waals surface area contributed by atoms with Gasteiger partial charge in [0.25, 0.3) is 0 Å². The lowest BCUT2D eigenvalue weighted by molar-refractivity contribution is 0.233. The first-order chi connectivity index (χ1) is 11.6. The van der Waals surface area contributed by atoms with Crippen LogP contribution in [0.25, 0.3) is 16.7 Å². The fraction of sp³-hybridized carbons (Fsp3) is 0.211. The molecule has 0 fully saturated rings. The Labute approximate surface area is 139 Å². The SMILES string of the molecule is Cc1noc(C)c1-c1cnc2c(c1)CC=C2C(O)c1ccccn1. The zero-order valence-electron chi connectivity index (χ0n) is 13.5. The van der Waals surface area contributed by atoms with Gasteiger partial charge in [0.05, 0.1) is 17.1 Å². The van der Waals surface area contributed by atoms with Crippen molar-refractivity contribution in [3.05, 3.63) is 71.1 Å². The van der Waals surface area contributed by atoms with Gasteiger partial charge in [-0.05, 0) is 44.0 Å². The Hall–Kier alpha value is -2.79. The Morgan fingerprint density at radius 1 is 1.21 bits per heavy atom. The number of allylic oxidation sites excluding steroid dienone is 1. The molecule has 1 aliphatic carbocycles. The number of aryl methyl sites for hydroxylation is 2. The molecule has 1 unspecified atom stereocenters. The topological polar surface area (TPSA) is 72.0 Å². The molecule has 3 aromatic heterocycles. The highest BCUT2D eigenvalue weighted by Gasteiger charge is 2.25. The van der Waals surface area contributed by atoms with Crippen molar-refractivity contribution in [2.75, 3.05) is 0 Å². The Balaban J connectivity index is 1.70. The van der Waals surface area contributed by atoms with Gasteiger partial charge in [-0.15, -0.1) is 0 Å². The van der Waals surface area contributed by atoms with Gasteiger partial charge in [-0.25, -0.2) is 0 Å². The lowest BCUT2D eigenvalue weighted by Gasteiger charge is -2.13. The number of fused-ring (bicyclic) bond motifs is 1. The van der Waals surface area contributed by atoms with Crippen molar-refractivity contribution in [2.45, 2.75) is 26.4 Å². The minimum Gasteiger partial charge on any atom is -0.382 e. The molecular weight excluding hydrogens is 302 g/mol. The largest absolute Gasteiger partial charge is 0.382 e. The van der Waals surface area contributed by atoms with E-state index in [9.17, 15) is 5.11 Å². The lowest BCUT2D eigenvalue weighted by Crippen LogP contribution is -2.03. The maximum atomic E-state index is 10.6. The summed E-state index contributed by atoms with van der Waals surface area (Å²) >= 11 is 0. The molecule has 4 rings (SSSR count). The summed E-state index contributed by atoms with van der Waals surface area (Å²) in [4.78, 5) is 8.84. The number of hydrogen-bond acceptors (Lipinski definition) is 5. The Morgan fingerprint density at radius 3 is 2.79 bits per heavy atom. The van der Waals surface area contributed by atoms with Crippen LogP contribution in [0.3, 0.4) is 0 Å². The molecule has 0 spiro atoms. The van der Waals surface area contributed by atoms with E-state index in [1.54, 1.807) is 6.20 Å².